The van der Waals surface area contributed by atoms with E-state index in [4.69, 9.17) is 9.47 Å². The Labute approximate surface area is 97.8 Å². The van der Waals surface area contributed by atoms with Gasteiger partial charge in [0.1, 0.15) is 0 Å². The number of carbonyl (C=O) groups is 1. The first-order valence-electron chi connectivity index (χ1n) is 4.37. The van der Waals surface area contributed by atoms with E-state index < -0.39 is 20.1 Å². The third-order valence-electron chi connectivity index (χ3n) is 1.97. The molecule has 0 aliphatic rings. The van der Waals surface area contributed by atoms with Crippen molar-refractivity contribution in [3.05, 3.63) is 23.8 Å². The van der Waals surface area contributed by atoms with Gasteiger partial charge in [-0.3, -0.25) is 0 Å². The van der Waals surface area contributed by atoms with Crippen LogP contribution in [0.1, 0.15) is 10.4 Å². The first kappa shape index (κ1) is 13.3. The monoisotopic (exact) mass is 278 g/mol. The van der Waals surface area contributed by atoms with E-state index in [0.717, 1.165) is 0 Å². The van der Waals surface area contributed by atoms with Crippen LogP contribution in [0.15, 0.2) is 18.2 Å². The maximum absolute atomic E-state index is 11.7. The van der Waals surface area contributed by atoms with Gasteiger partial charge in [-0.1, -0.05) is 0 Å². The number of ether oxygens (including phenoxy) is 2. The van der Waals surface area contributed by atoms with Gasteiger partial charge in [-0.05, 0) is 0 Å². The summed E-state index contributed by atoms with van der Waals surface area (Å²) in [5.74, 6) is 0.377. The van der Waals surface area contributed by atoms with Crippen LogP contribution in [-0.2, 0) is 22.7 Å². The molecule has 5 nitrogen and oxygen atoms in total. The average Bonchev–Trinajstić information content (AvgIpc) is 2.25. The summed E-state index contributed by atoms with van der Waals surface area (Å²) in [5.41, 5.74) is -0.0486. The van der Waals surface area contributed by atoms with E-state index in [1.54, 1.807) is 13.3 Å². The van der Waals surface area contributed by atoms with Crippen LogP contribution in [0.5, 0.6) is 11.5 Å². The molecule has 1 aromatic carbocycles. The summed E-state index contributed by atoms with van der Waals surface area (Å²) in [6.45, 7) is 0. The number of benzene rings is 1. The second-order valence-electron chi connectivity index (χ2n) is 3.03. The quantitative estimate of drug-likeness (QED) is 0.616. The minimum absolute atomic E-state index is 0.0486. The summed E-state index contributed by atoms with van der Waals surface area (Å²) in [4.78, 5) is 11.7. The van der Waals surface area contributed by atoms with Crippen LogP contribution >= 0.6 is 7.23 Å². The SMILES string of the molecule is COc1cccc(OC)c1[C](=O)[Ti](=[O])(=[O])[PH2]. The zero-order chi connectivity index (χ0) is 12.3. The van der Waals surface area contributed by atoms with Gasteiger partial charge in [0.25, 0.3) is 0 Å². The Bertz CT molecular complexity index is 486. The van der Waals surface area contributed by atoms with Gasteiger partial charge in [0.2, 0.25) is 0 Å². The molecule has 0 saturated carbocycles. The third-order valence-corrected chi connectivity index (χ3v) is 4.43. The van der Waals surface area contributed by atoms with Gasteiger partial charge < -0.3 is 0 Å². The molecular formula is C9H11O5PTi. The molecule has 0 spiro atoms. The molecule has 1 unspecified atom stereocenters. The minimum atomic E-state index is -4.98. The third kappa shape index (κ3) is 2.67. The summed E-state index contributed by atoms with van der Waals surface area (Å²) in [7, 11) is 4.33. The summed E-state index contributed by atoms with van der Waals surface area (Å²) < 4.78 is 31.5. The molecule has 0 saturated heterocycles. The molecular weight excluding hydrogens is 267 g/mol. The Balaban J connectivity index is 3.46. The molecule has 0 bridgehead atoms. The Morgan fingerprint density at radius 1 is 1.19 bits per heavy atom. The van der Waals surface area contributed by atoms with Crippen molar-refractivity contribution in [1.29, 1.82) is 0 Å². The van der Waals surface area contributed by atoms with Crippen molar-refractivity contribution >= 4 is 11.3 Å². The number of methoxy groups -OCH3 is 2. The van der Waals surface area contributed by atoms with Crippen molar-refractivity contribution in [3.63, 3.8) is 0 Å². The normalized spacial score (nSPS) is 9.94. The van der Waals surface area contributed by atoms with Crippen LogP contribution in [0.3, 0.4) is 0 Å². The molecule has 1 atom stereocenters. The van der Waals surface area contributed by atoms with E-state index in [2.05, 4.69) is 0 Å². The fraction of sp³-hybridized carbons (Fsp3) is 0.222. The van der Waals surface area contributed by atoms with Crippen LogP contribution in [0.2, 0.25) is 0 Å². The molecule has 86 valence electrons. The zero-order valence-corrected chi connectivity index (χ0v) is 11.6. The molecule has 1 rings (SSSR count). The van der Waals surface area contributed by atoms with Gasteiger partial charge in [0.05, 0.1) is 0 Å². The number of hydrogen-bond donors (Lipinski definition) is 0. The van der Waals surface area contributed by atoms with E-state index in [-0.39, 0.29) is 17.1 Å². The Hall–Kier alpha value is -0.766. The van der Waals surface area contributed by atoms with Gasteiger partial charge >= 0.3 is 97.7 Å². The molecule has 0 aromatic heterocycles. The van der Waals surface area contributed by atoms with E-state index in [1.165, 1.54) is 26.4 Å². The number of rotatable bonds is 4. The Kier molecular flexibility index (Phi) is 4.19. The first-order valence-corrected chi connectivity index (χ1v) is 9.71. The maximum atomic E-state index is 11.7. The Morgan fingerprint density at radius 3 is 1.94 bits per heavy atom. The predicted molar refractivity (Wildman–Crippen MR) is 55.0 cm³/mol. The molecule has 0 amide bonds. The van der Waals surface area contributed by atoms with Crippen molar-refractivity contribution in [2.45, 2.75) is 0 Å². The van der Waals surface area contributed by atoms with Crippen molar-refractivity contribution in [3.8, 4) is 11.5 Å². The average molecular weight is 278 g/mol. The van der Waals surface area contributed by atoms with E-state index in [9.17, 15) is 11.4 Å². The first-order chi connectivity index (χ1) is 7.41. The molecule has 0 aliphatic carbocycles. The number of hydrogen-bond acceptors (Lipinski definition) is 5. The predicted octanol–water partition coefficient (Wildman–Crippen LogP) is 1.48. The van der Waals surface area contributed by atoms with E-state index in [0.29, 0.717) is 0 Å². The van der Waals surface area contributed by atoms with Crippen LogP contribution in [0, 0.1) is 0 Å². The van der Waals surface area contributed by atoms with Crippen LogP contribution < -0.4 is 9.47 Å². The molecule has 0 heterocycles. The summed E-state index contributed by atoms with van der Waals surface area (Å²) in [6, 6.07) is 4.63. The van der Waals surface area contributed by atoms with E-state index in [1.807, 2.05) is 0 Å². The van der Waals surface area contributed by atoms with Crippen LogP contribution in [0.4, 0.5) is 0 Å². The number of carbonyl (C=O) groups excluding carboxylic acids is 1. The second kappa shape index (κ2) is 5.04. The van der Waals surface area contributed by atoms with Gasteiger partial charge in [-0.25, -0.2) is 0 Å². The van der Waals surface area contributed by atoms with Gasteiger partial charge in [0, 0.05) is 0 Å². The molecule has 0 aliphatic heterocycles. The van der Waals surface area contributed by atoms with E-state index >= 15 is 0 Å². The molecule has 0 fully saturated rings. The summed E-state index contributed by atoms with van der Waals surface area (Å²) in [6.07, 6.45) is 0. The topological polar surface area (TPSA) is 69.7 Å². The molecule has 16 heavy (non-hydrogen) atoms. The van der Waals surface area contributed by atoms with Crippen molar-refractivity contribution in [2.24, 2.45) is 0 Å². The fourth-order valence-electron chi connectivity index (χ4n) is 1.25. The molecule has 0 N–H and O–H groups in total. The van der Waals surface area contributed by atoms with Gasteiger partial charge in [-0.2, -0.15) is 0 Å². The van der Waals surface area contributed by atoms with Gasteiger partial charge in [-0.15, -0.1) is 0 Å². The second-order valence-corrected chi connectivity index (χ2v) is 8.96. The van der Waals surface area contributed by atoms with Gasteiger partial charge in [0.15, 0.2) is 0 Å². The molecule has 7 heteroatoms. The molecule has 0 radical (unpaired) electrons. The Morgan fingerprint density at radius 2 is 1.62 bits per heavy atom. The fourth-order valence-corrected chi connectivity index (χ4v) is 2.77. The van der Waals surface area contributed by atoms with Crippen molar-refractivity contribution in [1.82, 2.24) is 0 Å². The standard InChI is InChI=1S/C9H9O3.2O.H2P.Ti/c1-11-8-4-3-5-9(12-2)7(8)6-10;;;;/h3-5H,1-2H3;;;1H2;/q;;;-1;+1. The van der Waals surface area contributed by atoms with Crippen LogP contribution in [0.25, 0.3) is 0 Å². The molecule has 1 aromatic rings. The summed E-state index contributed by atoms with van der Waals surface area (Å²) in [5, 5.41) is 0. The van der Waals surface area contributed by atoms with Crippen LogP contribution in [-0.4, -0.2) is 18.3 Å². The summed E-state index contributed by atoms with van der Waals surface area (Å²) >= 11 is -4.98. The zero-order valence-electron chi connectivity index (χ0n) is 8.85. The van der Waals surface area contributed by atoms with Crippen molar-refractivity contribution in [2.75, 3.05) is 14.2 Å². The van der Waals surface area contributed by atoms with Crippen molar-refractivity contribution < 1.29 is 36.9 Å².